The number of ether oxygens (including phenoxy) is 2. The molecule has 0 saturated carbocycles. The Morgan fingerprint density at radius 3 is 2.63 bits per heavy atom. The monoisotopic (exact) mass is 386 g/mol. The molecule has 3 rings (SSSR count). The summed E-state index contributed by atoms with van der Waals surface area (Å²) in [6.45, 7) is 0.425. The van der Waals surface area contributed by atoms with E-state index in [0.717, 1.165) is 16.1 Å². The number of benzene rings is 2. The van der Waals surface area contributed by atoms with Gasteiger partial charge in [-0.05, 0) is 29.8 Å². The fourth-order valence-corrected chi connectivity index (χ4v) is 3.98. The third-order valence-corrected chi connectivity index (χ3v) is 5.64. The van der Waals surface area contributed by atoms with Crippen molar-refractivity contribution in [2.75, 3.05) is 26.6 Å². The Hall–Kier alpha value is -2.67. The second-order valence-electron chi connectivity index (χ2n) is 6.24. The molecule has 1 aliphatic rings. The molecule has 27 heavy (non-hydrogen) atoms. The molecule has 1 atom stereocenters. The van der Waals surface area contributed by atoms with Crippen molar-refractivity contribution in [2.24, 2.45) is 0 Å². The first kappa shape index (κ1) is 19.1. The van der Waals surface area contributed by atoms with Gasteiger partial charge in [-0.15, -0.1) is 11.8 Å². The molecule has 1 heterocycles. The topological polar surface area (TPSA) is 67.9 Å². The predicted octanol–water partition coefficient (Wildman–Crippen LogP) is 3.17. The van der Waals surface area contributed by atoms with Gasteiger partial charge in [0.2, 0.25) is 11.8 Å². The zero-order chi connectivity index (χ0) is 19.4. The summed E-state index contributed by atoms with van der Waals surface area (Å²) in [7, 11) is 4.89. The Bertz CT molecular complexity index is 856. The minimum Gasteiger partial charge on any atom is -0.493 e. The van der Waals surface area contributed by atoms with Crippen molar-refractivity contribution in [1.29, 1.82) is 0 Å². The number of anilines is 1. The van der Waals surface area contributed by atoms with Crippen molar-refractivity contribution in [2.45, 2.75) is 23.1 Å². The van der Waals surface area contributed by atoms with Crippen LogP contribution in [0.3, 0.4) is 0 Å². The van der Waals surface area contributed by atoms with Gasteiger partial charge in [0.15, 0.2) is 11.5 Å². The molecule has 2 aromatic carbocycles. The molecule has 0 fully saturated rings. The Morgan fingerprint density at radius 1 is 1.15 bits per heavy atom. The number of carbonyl (C=O) groups is 2. The zero-order valence-corrected chi connectivity index (χ0v) is 16.3. The Morgan fingerprint density at radius 2 is 1.89 bits per heavy atom. The first-order chi connectivity index (χ1) is 13.0. The molecule has 0 radical (unpaired) electrons. The van der Waals surface area contributed by atoms with Crippen LogP contribution in [0.15, 0.2) is 47.4 Å². The summed E-state index contributed by atoms with van der Waals surface area (Å²) >= 11 is 1.43. The molecule has 0 unspecified atom stereocenters. The van der Waals surface area contributed by atoms with E-state index in [1.54, 1.807) is 26.2 Å². The number of para-hydroxylation sites is 1. The molecule has 1 N–H and O–H groups in total. The third-order valence-electron chi connectivity index (χ3n) is 4.36. The van der Waals surface area contributed by atoms with Gasteiger partial charge in [-0.1, -0.05) is 18.2 Å². The quantitative estimate of drug-likeness (QED) is 0.826. The molecule has 1 aliphatic heterocycles. The van der Waals surface area contributed by atoms with Crippen molar-refractivity contribution in [3.05, 3.63) is 48.0 Å². The maximum absolute atomic E-state index is 12.6. The van der Waals surface area contributed by atoms with Gasteiger partial charge in [-0.25, -0.2) is 0 Å². The maximum atomic E-state index is 12.6. The summed E-state index contributed by atoms with van der Waals surface area (Å²) in [4.78, 5) is 27.5. The van der Waals surface area contributed by atoms with Crippen LogP contribution in [0, 0.1) is 0 Å². The number of carbonyl (C=O) groups excluding carboxylic acids is 2. The van der Waals surface area contributed by atoms with Crippen LogP contribution in [0.1, 0.15) is 12.0 Å². The molecule has 6 nitrogen and oxygen atoms in total. The van der Waals surface area contributed by atoms with Crippen LogP contribution in [0.4, 0.5) is 5.69 Å². The number of thioether (sulfide) groups is 1. The zero-order valence-electron chi connectivity index (χ0n) is 15.5. The fraction of sp³-hybridized carbons (Fsp3) is 0.300. The summed E-state index contributed by atoms with van der Waals surface area (Å²) in [5.41, 5.74) is 1.73. The predicted molar refractivity (Wildman–Crippen MR) is 105 cm³/mol. The molecule has 142 valence electrons. The average Bonchev–Trinajstić information content (AvgIpc) is 2.68. The highest BCUT2D eigenvalue weighted by Crippen LogP contribution is 2.36. The van der Waals surface area contributed by atoms with E-state index in [-0.39, 0.29) is 18.2 Å². The average molecular weight is 386 g/mol. The van der Waals surface area contributed by atoms with Crippen LogP contribution >= 0.6 is 11.8 Å². The number of fused-ring (bicyclic) bond motifs is 1. The largest absolute Gasteiger partial charge is 0.493 e. The van der Waals surface area contributed by atoms with Crippen molar-refractivity contribution >= 4 is 29.3 Å². The maximum Gasteiger partial charge on any atom is 0.238 e. The van der Waals surface area contributed by atoms with Gasteiger partial charge in [0.05, 0.1) is 25.2 Å². The Labute approximate surface area is 162 Å². The van der Waals surface area contributed by atoms with Gasteiger partial charge < -0.3 is 19.7 Å². The van der Waals surface area contributed by atoms with Crippen LogP contribution in [0.5, 0.6) is 11.5 Å². The van der Waals surface area contributed by atoms with Gasteiger partial charge >= 0.3 is 0 Å². The van der Waals surface area contributed by atoms with E-state index < -0.39 is 5.25 Å². The van der Waals surface area contributed by atoms with E-state index in [1.807, 2.05) is 42.5 Å². The molecule has 2 amide bonds. The molecule has 0 aromatic heterocycles. The first-order valence-electron chi connectivity index (χ1n) is 8.53. The van der Waals surface area contributed by atoms with Gasteiger partial charge in [0.1, 0.15) is 0 Å². The van der Waals surface area contributed by atoms with Gasteiger partial charge in [0, 0.05) is 24.9 Å². The second-order valence-corrected chi connectivity index (χ2v) is 7.48. The lowest BCUT2D eigenvalue weighted by atomic mass is 10.1. The highest BCUT2D eigenvalue weighted by atomic mass is 32.2. The highest BCUT2D eigenvalue weighted by Gasteiger charge is 2.29. The molecular formula is C20H22N2O4S. The lowest BCUT2D eigenvalue weighted by molar-refractivity contribution is -0.131. The standard InChI is InChI=1S/C20H22N2O4S/c1-22(12-13-8-9-15(25-2)16(10-13)26-3)19(23)11-18-20(24)21-14-6-4-5-7-17(14)27-18/h4-10,18H,11-12H2,1-3H3,(H,21,24)/t18-/m0/s1. The molecule has 0 spiro atoms. The molecule has 0 bridgehead atoms. The van der Waals surface area contributed by atoms with Crippen LogP contribution in [0.2, 0.25) is 0 Å². The summed E-state index contributed by atoms with van der Waals surface area (Å²) < 4.78 is 10.5. The number of hydrogen-bond acceptors (Lipinski definition) is 5. The summed E-state index contributed by atoms with van der Waals surface area (Å²) in [5.74, 6) is 1.04. The number of nitrogens with one attached hydrogen (secondary N) is 1. The molecule has 0 aliphatic carbocycles. The lowest BCUT2D eigenvalue weighted by Gasteiger charge is -2.25. The molecular weight excluding hydrogens is 364 g/mol. The number of rotatable bonds is 6. The molecule has 0 saturated heterocycles. The van der Waals surface area contributed by atoms with Crippen molar-refractivity contribution < 1.29 is 19.1 Å². The number of hydrogen-bond donors (Lipinski definition) is 1. The van der Waals surface area contributed by atoms with Crippen LogP contribution in [0.25, 0.3) is 0 Å². The van der Waals surface area contributed by atoms with E-state index in [0.29, 0.717) is 18.0 Å². The second kappa shape index (κ2) is 8.35. The van der Waals surface area contributed by atoms with Crippen LogP contribution < -0.4 is 14.8 Å². The van der Waals surface area contributed by atoms with Crippen LogP contribution in [-0.2, 0) is 16.1 Å². The summed E-state index contributed by atoms with van der Waals surface area (Å²) in [5, 5.41) is 2.44. The van der Waals surface area contributed by atoms with Gasteiger partial charge in [0.25, 0.3) is 0 Å². The van der Waals surface area contributed by atoms with E-state index in [4.69, 9.17) is 9.47 Å². The SMILES string of the molecule is COc1ccc(CN(C)C(=O)C[C@@H]2Sc3ccccc3NC2=O)cc1OC. The minimum absolute atomic E-state index is 0.0863. The Kier molecular flexibility index (Phi) is 5.91. The number of nitrogens with zero attached hydrogens (tertiary/aromatic N) is 1. The summed E-state index contributed by atoms with van der Waals surface area (Å²) in [6.07, 6.45) is 0.147. The van der Waals surface area contributed by atoms with Crippen molar-refractivity contribution in [3.8, 4) is 11.5 Å². The Balaban J connectivity index is 1.64. The smallest absolute Gasteiger partial charge is 0.238 e. The van der Waals surface area contributed by atoms with Gasteiger partial charge in [-0.3, -0.25) is 9.59 Å². The van der Waals surface area contributed by atoms with E-state index >= 15 is 0 Å². The van der Waals surface area contributed by atoms with E-state index in [9.17, 15) is 9.59 Å². The van der Waals surface area contributed by atoms with Crippen LogP contribution in [-0.4, -0.2) is 43.2 Å². The lowest BCUT2D eigenvalue weighted by Crippen LogP contribution is -2.35. The van der Waals surface area contributed by atoms with Crippen molar-refractivity contribution in [1.82, 2.24) is 4.90 Å². The normalized spacial score (nSPS) is 15.5. The van der Waals surface area contributed by atoms with Crippen molar-refractivity contribution in [3.63, 3.8) is 0 Å². The molecule has 7 heteroatoms. The molecule has 2 aromatic rings. The van der Waals surface area contributed by atoms with Gasteiger partial charge in [-0.2, -0.15) is 0 Å². The minimum atomic E-state index is -0.430. The van der Waals surface area contributed by atoms with E-state index in [2.05, 4.69) is 5.32 Å². The summed E-state index contributed by atoms with van der Waals surface area (Å²) in [6, 6.07) is 13.2. The highest BCUT2D eigenvalue weighted by molar-refractivity contribution is 8.01. The number of amides is 2. The van der Waals surface area contributed by atoms with E-state index in [1.165, 1.54) is 11.8 Å². The fourth-order valence-electron chi connectivity index (χ4n) is 2.88. The first-order valence-corrected chi connectivity index (χ1v) is 9.41. The number of methoxy groups -OCH3 is 2. The third kappa shape index (κ3) is 4.36.